The molecule has 0 bridgehead atoms. The first kappa shape index (κ1) is 19.1. The lowest BCUT2D eigenvalue weighted by Crippen LogP contribution is -2.21. The SMILES string of the molecule is CCOC(=O)c1ccccc1OCC(=O)Nc1cc(OC)ccc1OC. The fourth-order valence-electron chi connectivity index (χ4n) is 2.21. The van der Waals surface area contributed by atoms with Gasteiger partial charge in [-0.15, -0.1) is 0 Å². The summed E-state index contributed by atoms with van der Waals surface area (Å²) in [7, 11) is 3.03. The summed E-state index contributed by atoms with van der Waals surface area (Å²) in [5, 5.41) is 2.70. The van der Waals surface area contributed by atoms with E-state index in [1.54, 1.807) is 49.4 Å². The topological polar surface area (TPSA) is 83.1 Å². The Labute approximate surface area is 151 Å². The van der Waals surface area contributed by atoms with Crippen molar-refractivity contribution in [3.63, 3.8) is 0 Å². The summed E-state index contributed by atoms with van der Waals surface area (Å²) in [5.41, 5.74) is 0.722. The largest absolute Gasteiger partial charge is 0.497 e. The summed E-state index contributed by atoms with van der Waals surface area (Å²) in [6.45, 7) is 1.69. The van der Waals surface area contributed by atoms with Crippen molar-refractivity contribution in [2.24, 2.45) is 0 Å². The van der Waals surface area contributed by atoms with Gasteiger partial charge in [0.2, 0.25) is 0 Å². The second kappa shape index (κ2) is 9.31. The van der Waals surface area contributed by atoms with E-state index in [0.29, 0.717) is 17.2 Å². The van der Waals surface area contributed by atoms with E-state index in [1.165, 1.54) is 14.2 Å². The van der Waals surface area contributed by atoms with Crippen LogP contribution in [-0.2, 0) is 9.53 Å². The Kier molecular flexibility index (Phi) is 6.84. The number of rotatable bonds is 8. The normalized spacial score (nSPS) is 9.96. The number of ether oxygens (including phenoxy) is 4. The van der Waals surface area contributed by atoms with Crippen LogP contribution in [0.25, 0.3) is 0 Å². The van der Waals surface area contributed by atoms with Crippen LogP contribution in [0.15, 0.2) is 42.5 Å². The van der Waals surface area contributed by atoms with Crippen molar-refractivity contribution in [3.8, 4) is 17.2 Å². The predicted octanol–water partition coefficient (Wildman–Crippen LogP) is 2.90. The first-order valence-electron chi connectivity index (χ1n) is 7.99. The average Bonchev–Trinajstić information content (AvgIpc) is 2.66. The Hall–Kier alpha value is -3.22. The van der Waals surface area contributed by atoms with Gasteiger partial charge in [0.15, 0.2) is 6.61 Å². The number of esters is 1. The molecule has 7 heteroatoms. The molecule has 0 radical (unpaired) electrons. The molecule has 7 nitrogen and oxygen atoms in total. The summed E-state index contributed by atoms with van der Waals surface area (Å²) < 4.78 is 20.8. The molecule has 0 unspecified atom stereocenters. The van der Waals surface area contributed by atoms with Crippen LogP contribution in [0.4, 0.5) is 5.69 Å². The Morgan fingerprint density at radius 1 is 1.00 bits per heavy atom. The van der Waals surface area contributed by atoms with Gasteiger partial charge in [-0.05, 0) is 31.2 Å². The summed E-state index contributed by atoms with van der Waals surface area (Å²) in [4.78, 5) is 24.1. The minimum Gasteiger partial charge on any atom is -0.497 e. The highest BCUT2D eigenvalue weighted by atomic mass is 16.5. The standard InChI is InChI=1S/C19H21NO6/c1-4-25-19(22)14-7-5-6-8-16(14)26-12-18(21)20-15-11-13(23-2)9-10-17(15)24-3/h5-11H,4,12H2,1-3H3,(H,20,21). The van der Waals surface area contributed by atoms with Gasteiger partial charge in [0.1, 0.15) is 22.8 Å². The maximum absolute atomic E-state index is 12.2. The Bertz CT molecular complexity index is 774. The fraction of sp³-hybridized carbons (Fsp3) is 0.263. The molecule has 0 atom stereocenters. The number of methoxy groups -OCH3 is 2. The lowest BCUT2D eigenvalue weighted by molar-refractivity contribution is -0.118. The van der Waals surface area contributed by atoms with Crippen molar-refractivity contribution >= 4 is 17.6 Å². The zero-order chi connectivity index (χ0) is 18.9. The van der Waals surface area contributed by atoms with Gasteiger partial charge < -0.3 is 24.3 Å². The van der Waals surface area contributed by atoms with Crippen LogP contribution in [-0.4, -0.2) is 39.3 Å². The molecule has 0 saturated carbocycles. The van der Waals surface area contributed by atoms with Crippen molar-refractivity contribution in [1.82, 2.24) is 0 Å². The van der Waals surface area contributed by atoms with Crippen LogP contribution in [0.1, 0.15) is 17.3 Å². The molecular formula is C19H21NO6. The second-order valence-electron chi connectivity index (χ2n) is 5.12. The number of carbonyl (C=O) groups is 2. The third kappa shape index (κ3) is 4.89. The zero-order valence-electron chi connectivity index (χ0n) is 14.9. The predicted molar refractivity (Wildman–Crippen MR) is 96.1 cm³/mol. The van der Waals surface area contributed by atoms with Crippen LogP contribution in [0.3, 0.4) is 0 Å². The molecule has 0 saturated heterocycles. The molecule has 2 rings (SSSR count). The van der Waals surface area contributed by atoms with Crippen LogP contribution >= 0.6 is 0 Å². The molecule has 0 aliphatic carbocycles. The van der Waals surface area contributed by atoms with E-state index in [4.69, 9.17) is 18.9 Å². The van der Waals surface area contributed by atoms with E-state index < -0.39 is 11.9 Å². The van der Waals surface area contributed by atoms with E-state index in [2.05, 4.69) is 5.32 Å². The number of benzene rings is 2. The molecule has 0 heterocycles. The van der Waals surface area contributed by atoms with E-state index in [-0.39, 0.29) is 24.5 Å². The molecule has 2 aromatic rings. The summed E-state index contributed by atoms with van der Waals surface area (Å²) >= 11 is 0. The Balaban J connectivity index is 2.05. The van der Waals surface area contributed by atoms with Gasteiger partial charge in [0, 0.05) is 6.07 Å². The fourth-order valence-corrected chi connectivity index (χ4v) is 2.21. The minimum absolute atomic E-state index is 0.253. The Morgan fingerprint density at radius 3 is 2.46 bits per heavy atom. The molecular weight excluding hydrogens is 338 g/mol. The van der Waals surface area contributed by atoms with Crippen LogP contribution in [0.2, 0.25) is 0 Å². The van der Waals surface area contributed by atoms with Crippen LogP contribution in [0, 0.1) is 0 Å². The first-order valence-corrected chi connectivity index (χ1v) is 7.99. The molecule has 2 aromatic carbocycles. The molecule has 0 fully saturated rings. The van der Waals surface area contributed by atoms with E-state index >= 15 is 0 Å². The van der Waals surface area contributed by atoms with Crippen molar-refractivity contribution in [2.75, 3.05) is 32.8 Å². The molecule has 1 amide bonds. The maximum atomic E-state index is 12.2. The average molecular weight is 359 g/mol. The summed E-state index contributed by atoms with van der Waals surface area (Å²) in [6, 6.07) is 11.6. The molecule has 26 heavy (non-hydrogen) atoms. The number of nitrogens with one attached hydrogen (secondary N) is 1. The molecule has 0 spiro atoms. The van der Waals surface area contributed by atoms with E-state index in [1.807, 2.05) is 0 Å². The van der Waals surface area contributed by atoms with Gasteiger partial charge in [0.25, 0.3) is 5.91 Å². The molecule has 0 aromatic heterocycles. The van der Waals surface area contributed by atoms with Gasteiger partial charge in [-0.3, -0.25) is 4.79 Å². The molecule has 1 N–H and O–H groups in total. The van der Waals surface area contributed by atoms with Crippen molar-refractivity contribution in [3.05, 3.63) is 48.0 Å². The monoisotopic (exact) mass is 359 g/mol. The molecule has 0 aliphatic rings. The lowest BCUT2D eigenvalue weighted by atomic mass is 10.2. The third-order valence-electron chi connectivity index (χ3n) is 3.42. The minimum atomic E-state index is -0.502. The van der Waals surface area contributed by atoms with Crippen molar-refractivity contribution < 1.29 is 28.5 Å². The second-order valence-corrected chi connectivity index (χ2v) is 5.12. The lowest BCUT2D eigenvalue weighted by Gasteiger charge is -2.13. The van der Waals surface area contributed by atoms with Gasteiger partial charge in [-0.1, -0.05) is 12.1 Å². The van der Waals surface area contributed by atoms with E-state index in [0.717, 1.165) is 0 Å². The number of anilines is 1. The Morgan fingerprint density at radius 2 is 1.77 bits per heavy atom. The van der Waals surface area contributed by atoms with Gasteiger partial charge in [-0.25, -0.2) is 4.79 Å². The van der Waals surface area contributed by atoms with Gasteiger partial charge in [0.05, 0.1) is 26.5 Å². The van der Waals surface area contributed by atoms with Crippen molar-refractivity contribution in [2.45, 2.75) is 6.92 Å². The number of hydrogen-bond donors (Lipinski definition) is 1. The third-order valence-corrected chi connectivity index (χ3v) is 3.42. The molecule has 138 valence electrons. The number of carbonyl (C=O) groups excluding carboxylic acids is 2. The highest BCUT2D eigenvalue weighted by Crippen LogP contribution is 2.29. The smallest absolute Gasteiger partial charge is 0.341 e. The van der Waals surface area contributed by atoms with Gasteiger partial charge >= 0.3 is 5.97 Å². The number of hydrogen-bond acceptors (Lipinski definition) is 6. The van der Waals surface area contributed by atoms with E-state index in [9.17, 15) is 9.59 Å². The highest BCUT2D eigenvalue weighted by Gasteiger charge is 2.15. The zero-order valence-corrected chi connectivity index (χ0v) is 14.9. The highest BCUT2D eigenvalue weighted by molar-refractivity contribution is 5.95. The van der Waals surface area contributed by atoms with Gasteiger partial charge in [-0.2, -0.15) is 0 Å². The summed E-state index contributed by atoms with van der Waals surface area (Å²) in [5.74, 6) is 0.438. The molecule has 0 aliphatic heterocycles. The number of amides is 1. The first-order chi connectivity index (χ1) is 12.6. The quantitative estimate of drug-likeness (QED) is 0.730. The maximum Gasteiger partial charge on any atom is 0.341 e. The van der Waals surface area contributed by atoms with Crippen LogP contribution in [0.5, 0.6) is 17.2 Å². The summed E-state index contributed by atoms with van der Waals surface area (Å²) in [6.07, 6.45) is 0. The van der Waals surface area contributed by atoms with Crippen LogP contribution < -0.4 is 19.5 Å². The van der Waals surface area contributed by atoms with Crippen molar-refractivity contribution in [1.29, 1.82) is 0 Å². The number of para-hydroxylation sites is 1.